The average Bonchev–Trinajstić information content (AvgIpc) is 3.07. The number of carbonyl (C=O) groups excluding carboxylic acids is 1. The first-order valence-electron chi connectivity index (χ1n) is 7.04. The van der Waals surface area contributed by atoms with Gasteiger partial charge in [-0.1, -0.05) is 18.2 Å². The molecule has 0 unspecified atom stereocenters. The van der Waals surface area contributed by atoms with Gasteiger partial charge in [0.15, 0.2) is 0 Å². The molecule has 1 saturated carbocycles. The standard InChI is InChI=1S/C17H14N3O3/c21-15-14(10-18-17(23)19-15)20(11-12-6-4-5-7-12)16(22)13-8-2-1-3-9-13/h1-10H,11H2,(H2,18,19,21,23). The number of aromatic amines is 2. The minimum absolute atomic E-state index is 0.0969. The first-order chi connectivity index (χ1) is 11.1. The quantitative estimate of drug-likeness (QED) is 0.887. The Labute approximate surface area is 133 Å². The number of hydrogen-bond donors (Lipinski definition) is 2. The van der Waals surface area contributed by atoms with Gasteiger partial charge in [-0.3, -0.25) is 14.6 Å². The number of H-pyrrole nitrogens is 2. The van der Waals surface area contributed by atoms with E-state index in [9.17, 15) is 14.4 Å². The van der Waals surface area contributed by atoms with Crippen molar-refractivity contribution >= 4 is 11.6 Å². The molecule has 2 aromatic rings. The van der Waals surface area contributed by atoms with Gasteiger partial charge in [0.05, 0.1) is 0 Å². The summed E-state index contributed by atoms with van der Waals surface area (Å²) in [6, 6.07) is 8.68. The second-order valence-electron chi connectivity index (χ2n) is 5.01. The molecule has 1 aromatic carbocycles. The van der Waals surface area contributed by atoms with Crippen molar-refractivity contribution in [3.8, 4) is 0 Å². The van der Waals surface area contributed by atoms with Crippen molar-refractivity contribution in [3.05, 3.63) is 94.5 Å². The predicted molar refractivity (Wildman–Crippen MR) is 86.2 cm³/mol. The molecule has 0 saturated heterocycles. The fourth-order valence-electron chi connectivity index (χ4n) is 2.31. The number of benzene rings is 1. The molecule has 1 aromatic heterocycles. The third-order valence-electron chi connectivity index (χ3n) is 3.43. The maximum atomic E-state index is 12.8. The van der Waals surface area contributed by atoms with Crippen molar-refractivity contribution in [1.82, 2.24) is 9.97 Å². The van der Waals surface area contributed by atoms with Gasteiger partial charge in [0.25, 0.3) is 11.5 Å². The highest BCUT2D eigenvalue weighted by atomic mass is 16.2. The van der Waals surface area contributed by atoms with E-state index in [1.165, 1.54) is 11.1 Å². The zero-order valence-corrected chi connectivity index (χ0v) is 12.2. The highest BCUT2D eigenvalue weighted by molar-refractivity contribution is 6.06. The van der Waals surface area contributed by atoms with Crippen LogP contribution in [-0.2, 0) is 0 Å². The summed E-state index contributed by atoms with van der Waals surface area (Å²) in [7, 11) is 0. The fraction of sp³-hybridized carbons (Fsp3) is 0.0588. The molecule has 6 nitrogen and oxygen atoms in total. The Morgan fingerprint density at radius 1 is 1.04 bits per heavy atom. The van der Waals surface area contributed by atoms with Crippen LogP contribution in [-0.4, -0.2) is 22.4 Å². The normalized spacial score (nSPS) is 14.8. The summed E-state index contributed by atoms with van der Waals surface area (Å²) in [6.07, 6.45) is 8.70. The summed E-state index contributed by atoms with van der Waals surface area (Å²) in [5, 5.41) is 0. The SMILES string of the molecule is O=C(c1ccccc1)N(C[C]1[CH][CH][CH][CH]1)c1c[nH]c(=O)[nH]c1=O. The summed E-state index contributed by atoms with van der Waals surface area (Å²) < 4.78 is 0. The molecular weight excluding hydrogens is 294 g/mol. The Morgan fingerprint density at radius 3 is 2.39 bits per heavy atom. The molecule has 1 aliphatic rings. The van der Waals surface area contributed by atoms with Crippen LogP contribution in [0.3, 0.4) is 0 Å². The Balaban J connectivity index is 1.97. The minimum Gasteiger partial charge on any atom is -0.312 e. The number of carbonyl (C=O) groups is 1. The second kappa shape index (κ2) is 6.64. The van der Waals surface area contributed by atoms with E-state index in [-0.39, 0.29) is 18.1 Å². The molecule has 1 aliphatic carbocycles. The summed E-state index contributed by atoms with van der Waals surface area (Å²) in [5.41, 5.74) is -0.659. The lowest BCUT2D eigenvalue weighted by molar-refractivity contribution is 0.0988. The highest BCUT2D eigenvalue weighted by Crippen LogP contribution is 2.26. The molecule has 0 aliphatic heterocycles. The first kappa shape index (κ1) is 15.3. The molecule has 1 amide bonds. The average molecular weight is 308 g/mol. The van der Waals surface area contributed by atoms with E-state index >= 15 is 0 Å². The molecule has 0 bridgehead atoms. The van der Waals surface area contributed by atoms with Gasteiger partial charge < -0.3 is 9.88 Å². The third kappa shape index (κ3) is 3.41. The van der Waals surface area contributed by atoms with Crippen molar-refractivity contribution in [2.24, 2.45) is 0 Å². The molecule has 2 N–H and O–H groups in total. The van der Waals surface area contributed by atoms with Gasteiger partial charge in [0.1, 0.15) is 5.69 Å². The molecule has 23 heavy (non-hydrogen) atoms. The van der Waals surface area contributed by atoms with Gasteiger partial charge in [0.2, 0.25) is 0 Å². The Bertz CT molecular complexity index is 788. The van der Waals surface area contributed by atoms with Crippen LogP contribution in [0, 0.1) is 31.6 Å². The number of anilines is 1. The van der Waals surface area contributed by atoms with Crippen molar-refractivity contribution < 1.29 is 4.79 Å². The lowest BCUT2D eigenvalue weighted by Crippen LogP contribution is -2.39. The van der Waals surface area contributed by atoms with E-state index in [1.54, 1.807) is 24.3 Å². The van der Waals surface area contributed by atoms with Crippen LogP contribution in [0.5, 0.6) is 0 Å². The van der Waals surface area contributed by atoms with Crippen LogP contribution in [0.1, 0.15) is 10.4 Å². The molecule has 115 valence electrons. The van der Waals surface area contributed by atoms with Gasteiger partial charge in [-0.2, -0.15) is 0 Å². The Hall–Kier alpha value is -2.63. The van der Waals surface area contributed by atoms with Crippen LogP contribution < -0.4 is 16.1 Å². The third-order valence-corrected chi connectivity index (χ3v) is 3.43. The summed E-state index contributed by atoms with van der Waals surface area (Å²) >= 11 is 0. The molecule has 0 atom stereocenters. The van der Waals surface area contributed by atoms with E-state index in [4.69, 9.17) is 0 Å². The van der Waals surface area contributed by atoms with E-state index in [2.05, 4.69) is 9.97 Å². The van der Waals surface area contributed by atoms with Crippen LogP contribution in [0.15, 0.2) is 46.1 Å². The van der Waals surface area contributed by atoms with E-state index in [1.807, 2.05) is 31.7 Å². The fourth-order valence-corrected chi connectivity index (χ4v) is 2.31. The molecule has 1 heterocycles. The van der Waals surface area contributed by atoms with Crippen LogP contribution >= 0.6 is 0 Å². The largest absolute Gasteiger partial charge is 0.325 e. The summed E-state index contributed by atoms with van der Waals surface area (Å²) in [6.45, 7) is 0.232. The van der Waals surface area contributed by atoms with Gasteiger partial charge in [0, 0.05) is 24.2 Å². The Kier molecular flexibility index (Phi) is 4.41. The van der Waals surface area contributed by atoms with Crippen molar-refractivity contribution in [1.29, 1.82) is 0 Å². The van der Waals surface area contributed by atoms with Gasteiger partial charge >= 0.3 is 5.69 Å². The number of nitrogens with one attached hydrogen (secondary N) is 2. The number of rotatable bonds is 4. The first-order valence-corrected chi connectivity index (χ1v) is 7.04. The second-order valence-corrected chi connectivity index (χ2v) is 5.01. The van der Waals surface area contributed by atoms with Crippen molar-refractivity contribution in [3.63, 3.8) is 0 Å². The molecule has 5 radical (unpaired) electrons. The number of nitrogens with zero attached hydrogens (tertiary/aromatic N) is 1. The van der Waals surface area contributed by atoms with Crippen molar-refractivity contribution in [2.45, 2.75) is 0 Å². The topological polar surface area (TPSA) is 86.0 Å². The number of aromatic nitrogens is 2. The molecule has 0 spiro atoms. The number of amides is 1. The van der Waals surface area contributed by atoms with Crippen LogP contribution in [0.25, 0.3) is 0 Å². The maximum absolute atomic E-state index is 12.8. The lowest BCUT2D eigenvalue weighted by Gasteiger charge is -2.24. The van der Waals surface area contributed by atoms with E-state index < -0.39 is 11.2 Å². The van der Waals surface area contributed by atoms with Gasteiger partial charge in [-0.15, -0.1) is 0 Å². The zero-order chi connectivity index (χ0) is 16.2. The smallest absolute Gasteiger partial charge is 0.312 e. The summed E-state index contributed by atoms with van der Waals surface area (Å²) in [5.74, 6) is 0.573. The van der Waals surface area contributed by atoms with Crippen LogP contribution in [0.4, 0.5) is 5.69 Å². The zero-order valence-electron chi connectivity index (χ0n) is 12.2. The van der Waals surface area contributed by atoms with E-state index in [0.717, 1.165) is 5.92 Å². The molecule has 3 rings (SSSR count). The predicted octanol–water partition coefficient (Wildman–Crippen LogP) is 1.12. The van der Waals surface area contributed by atoms with Crippen LogP contribution in [0.2, 0.25) is 0 Å². The highest BCUT2D eigenvalue weighted by Gasteiger charge is 2.26. The van der Waals surface area contributed by atoms with Gasteiger partial charge in [-0.05, 0) is 37.8 Å². The lowest BCUT2D eigenvalue weighted by atomic mass is 10.1. The molecule has 6 heteroatoms. The number of hydrogen-bond acceptors (Lipinski definition) is 3. The van der Waals surface area contributed by atoms with E-state index in [0.29, 0.717) is 5.56 Å². The van der Waals surface area contributed by atoms with Crippen molar-refractivity contribution in [2.75, 3.05) is 11.4 Å². The maximum Gasteiger partial charge on any atom is 0.325 e. The van der Waals surface area contributed by atoms with Gasteiger partial charge in [-0.25, -0.2) is 4.79 Å². The monoisotopic (exact) mass is 308 g/mol. The Morgan fingerprint density at radius 2 is 1.74 bits per heavy atom. The molecular formula is C17H14N3O3. The minimum atomic E-state index is -0.612. The molecule has 1 fully saturated rings. The summed E-state index contributed by atoms with van der Waals surface area (Å²) in [4.78, 5) is 42.0.